The van der Waals surface area contributed by atoms with Crippen molar-refractivity contribution in [1.82, 2.24) is 0 Å². The van der Waals surface area contributed by atoms with Crippen molar-refractivity contribution in [1.29, 1.82) is 0 Å². The van der Waals surface area contributed by atoms with Crippen molar-refractivity contribution in [3.8, 4) is 28.7 Å². The van der Waals surface area contributed by atoms with Crippen LogP contribution >= 0.6 is 0 Å². The molecule has 0 spiro atoms. The second-order valence-corrected chi connectivity index (χ2v) is 7.89. The summed E-state index contributed by atoms with van der Waals surface area (Å²) >= 11 is 0. The molecule has 1 saturated heterocycles. The van der Waals surface area contributed by atoms with Crippen LogP contribution < -0.4 is 23.7 Å². The summed E-state index contributed by atoms with van der Waals surface area (Å²) in [5.74, 6) is 2.55. The highest BCUT2D eigenvalue weighted by molar-refractivity contribution is 5.79. The molecule has 7 heteroatoms. The Morgan fingerprint density at radius 2 is 1.77 bits per heavy atom. The fourth-order valence-electron chi connectivity index (χ4n) is 5.16. The number of fused-ring (bicyclic) bond motifs is 3. The zero-order chi connectivity index (χ0) is 21.0. The molecule has 2 aliphatic heterocycles. The minimum atomic E-state index is -0.302. The number of aryl methyl sites for hydroxylation is 1. The van der Waals surface area contributed by atoms with Crippen LogP contribution in [0.15, 0.2) is 18.2 Å². The molecule has 2 heterocycles. The van der Waals surface area contributed by atoms with E-state index in [0.29, 0.717) is 35.4 Å². The summed E-state index contributed by atoms with van der Waals surface area (Å²) in [6, 6.07) is 6.01. The predicted molar refractivity (Wildman–Crippen MR) is 107 cm³/mol. The molecule has 5 rings (SSSR count). The summed E-state index contributed by atoms with van der Waals surface area (Å²) in [4.78, 5) is 12.8. The van der Waals surface area contributed by atoms with Gasteiger partial charge in [-0.25, -0.2) is 0 Å². The number of rotatable bonds is 4. The Bertz CT molecular complexity index is 1030. The number of cyclic esters (lactones) is 1. The zero-order valence-electron chi connectivity index (χ0n) is 17.4. The van der Waals surface area contributed by atoms with Crippen LogP contribution in [0.25, 0.3) is 0 Å². The first-order valence-corrected chi connectivity index (χ1v) is 9.95. The molecular formula is C23H24O7. The van der Waals surface area contributed by atoms with Gasteiger partial charge in [0, 0.05) is 17.4 Å². The van der Waals surface area contributed by atoms with E-state index in [1.54, 1.807) is 21.3 Å². The number of hydrogen-bond donors (Lipinski definition) is 0. The van der Waals surface area contributed by atoms with E-state index >= 15 is 0 Å². The van der Waals surface area contributed by atoms with E-state index in [1.165, 1.54) is 0 Å². The van der Waals surface area contributed by atoms with E-state index in [9.17, 15) is 4.79 Å². The second kappa shape index (κ2) is 7.00. The van der Waals surface area contributed by atoms with Gasteiger partial charge >= 0.3 is 5.97 Å². The number of benzene rings is 2. The molecule has 30 heavy (non-hydrogen) atoms. The number of hydrogen-bond acceptors (Lipinski definition) is 7. The topological polar surface area (TPSA) is 72.5 Å². The van der Waals surface area contributed by atoms with Gasteiger partial charge in [0.25, 0.3) is 0 Å². The van der Waals surface area contributed by atoms with Crippen molar-refractivity contribution in [2.45, 2.75) is 19.3 Å². The maximum absolute atomic E-state index is 12.8. The van der Waals surface area contributed by atoms with Gasteiger partial charge in [-0.3, -0.25) is 4.79 Å². The molecule has 7 nitrogen and oxygen atoms in total. The van der Waals surface area contributed by atoms with Crippen molar-refractivity contribution in [2.24, 2.45) is 11.8 Å². The highest BCUT2D eigenvalue weighted by atomic mass is 16.7. The third-order valence-corrected chi connectivity index (χ3v) is 6.37. The van der Waals surface area contributed by atoms with Gasteiger partial charge in [-0.05, 0) is 42.2 Å². The fraction of sp³-hybridized carbons (Fsp3) is 0.435. The van der Waals surface area contributed by atoms with Crippen molar-refractivity contribution < 1.29 is 33.2 Å². The average molecular weight is 412 g/mol. The maximum Gasteiger partial charge on any atom is 0.310 e. The lowest BCUT2D eigenvalue weighted by atomic mass is 9.67. The van der Waals surface area contributed by atoms with Crippen LogP contribution in [-0.2, 0) is 16.0 Å². The van der Waals surface area contributed by atoms with E-state index in [4.69, 9.17) is 28.4 Å². The van der Waals surface area contributed by atoms with Crippen LogP contribution in [0.5, 0.6) is 28.7 Å². The molecule has 0 amide bonds. The minimum absolute atomic E-state index is 0.0912. The second-order valence-electron chi connectivity index (χ2n) is 7.89. The largest absolute Gasteiger partial charge is 0.493 e. The van der Waals surface area contributed by atoms with E-state index in [0.717, 1.165) is 28.7 Å². The third kappa shape index (κ3) is 2.61. The zero-order valence-corrected chi connectivity index (χ0v) is 17.4. The molecule has 0 saturated carbocycles. The lowest BCUT2D eigenvalue weighted by molar-refractivity contribution is -0.141. The molecule has 0 N–H and O–H groups in total. The molecule has 0 aromatic heterocycles. The first kappa shape index (κ1) is 18.9. The number of carbonyl (C=O) groups excluding carboxylic acids is 1. The Morgan fingerprint density at radius 1 is 0.967 bits per heavy atom. The van der Waals surface area contributed by atoms with Gasteiger partial charge in [0.2, 0.25) is 12.5 Å². The average Bonchev–Trinajstić information content (AvgIpc) is 3.36. The summed E-state index contributed by atoms with van der Waals surface area (Å²) in [5.41, 5.74) is 3.93. The monoisotopic (exact) mass is 412 g/mol. The molecule has 158 valence electrons. The number of esters is 1. The van der Waals surface area contributed by atoms with E-state index in [1.807, 2.05) is 25.1 Å². The van der Waals surface area contributed by atoms with Crippen LogP contribution in [0.2, 0.25) is 0 Å². The molecule has 0 radical (unpaired) electrons. The molecule has 2 aromatic rings. The standard InChI is InChI=1S/C23H24O7/c1-11-5-12(7-15(25-2)20(11)26-3)17-18-13(6-14-9-28-23(24)19(14)17)8-16-21(22(18)27-4)30-10-29-16/h5,7-8,14,17,19H,6,9-10H2,1-4H3/t14-,17-,19-/m0/s1. The van der Waals surface area contributed by atoms with Gasteiger partial charge < -0.3 is 28.4 Å². The first-order chi connectivity index (χ1) is 14.6. The van der Waals surface area contributed by atoms with Crippen LogP contribution in [0.4, 0.5) is 0 Å². The van der Waals surface area contributed by atoms with Crippen LogP contribution in [0.1, 0.15) is 28.2 Å². The van der Waals surface area contributed by atoms with Crippen LogP contribution in [0.3, 0.4) is 0 Å². The Labute approximate surface area is 174 Å². The normalized spacial score (nSPS) is 23.5. The maximum atomic E-state index is 12.8. The summed E-state index contributed by atoms with van der Waals surface area (Å²) in [6.07, 6.45) is 0.724. The Balaban J connectivity index is 1.77. The fourth-order valence-corrected chi connectivity index (χ4v) is 5.16. The smallest absolute Gasteiger partial charge is 0.310 e. The van der Waals surface area contributed by atoms with Crippen LogP contribution in [0, 0.1) is 18.8 Å². The Kier molecular flexibility index (Phi) is 4.41. The van der Waals surface area contributed by atoms with Crippen molar-refractivity contribution >= 4 is 5.97 Å². The number of ether oxygens (including phenoxy) is 6. The van der Waals surface area contributed by atoms with Gasteiger partial charge in [0.15, 0.2) is 23.0 Å². The molecule has 0 bridgehead atoms. The van der Waals surface area contributed by atoms with Gasteiger partial charge in [-0.1, -0.05) is 6.07 Å². The van der Waals surface area contributed by atoms with Crippen molar-refractivity contribution in [3.63, 3.8) is 0 Å². The van der Waals surface area contributed by atoms with E-state index in [2.05, 4.69) is 0 Å². The minimum Gasteiger partial charge on any atom is -0.493 e. The highest BCUT2D eigenvalue weighted by Crippen LogP contribution is 2.56. The SMILES string of the molecule is COc1cc([C@H]2c3c(cc4c(c3OC)OCO4)C[C@H]3COC(=O)[C@@H]32)cc(C)c1OC. The molecule has 0 unspecified atom stereocenters. The number of methoxy groups -OCH3 is 3. The first-order valence-electron chi connectivity index (χ1n) is 9.95. The van der Waals surface area contributed by atoms with Gasteiger partial charge in [-0.15, -0.1) is 0 Å². The quantitative estimate of drug-likeness (QED) is 0.714. The Morgan fingerprint density at radius 3 is 2.50 bits per heavy atom. The van der Waals surface area contributed by atoms with Crippen molar-refractivity contribution in [3.05, 3.63) is 40.5 Å². The summed E-state index contributed by atoms with van der Waals surface area (Å²) in [6.45, 7) is 2.54. The molecule has 1 aliphatic carbocycles. The molecular weight excluding hydrogens is 388 g/mol. The lowest BCUT2D eigenvalue weighted by Crippen LogP contribution is -2.32. The lowest BCUT2D eigenvalue weighted by Gasteiger charge is -2.35. The van der Waals surface area contributed by atoms with Gasteiger partial charge in [0.1, 0.15) is 0 Å². The van der Waals surface area contributed by atoms with Gasteiger partial charge in [0.05, 0.1) is 33.9 Å². The molecule has 3 aliphatic rings. The Hall–Kier alpha value is -3.09. The summed E-state index contributed by atoms with van der Waals surface area (Å²) in [5, 5.41) is 0. The highest BCUT2D eigenvalue weighted by Gasteiger charge is 2.49. The van der Waals surface area contributed by atoms with Gasteiger partial charge in [-0.2, -0.15) is 0 Å². The summed E-state index contributed by atoms with van der Waals surface area (Å²) < 4.78 is 33.7. The molecule has 3 atom stereocenters. The molecule has 1 fully saturated rings. The summed E-state index contributed by atoms with van der Waals surface area (Å²) in [7, 11) is 4.85. The van der Waals surface area contributed by atoms with Crippen LogP contribution in [-0.4, -0.2) is 40.7 Å². The third-order valence-electron chi connectivity index (χ3n) is 6.37. The number of carbonyl (C=O) groups is 1. The van der Waals surface area contributed by atoms with E-state index in [-0.39, 0.29) is 30.5 Å². The van der Waals surface area contributed by atoms with Crippen molar-refractivity contribution in [2.75, 3.05) is 34.7 Å². The van der Waals surface area contributed by atoms with E-state index < -0.39 is 0 Å². The molecule has 2 aromatic carbocycles. The predicted octanol–water partition coefficient (Wildman–Crippen LogP) is 3.23.